The molecule has 4 rings (SSSR count). The maximum atomic E-state index is 12.2. The molecule has 1 saturated carbocycles. The lowest BCUT2D eigenvalue weighted by atomic mass is 10.2. The number of amides is 2. The van der Waals surface area contributed by atoms with Crippen molar-refractivity contribution in [3.05, 3.63) is 57.9 Å². The van der Waals surface area contributed by atoms with Crippen LogP contribution in [0.3, 0.4) is 0 Å². The number of nitrogens with zero attached hydrogens (tertiary/aromatic N) is 2. The Morgan fingerprint density at radius 1 is 1.25 bits per heavy atom. The summed E-state index contributed by atoms with van der Waals surface area (Å²) in [5.74, 6) is -0.786. The fraction of sp³-hybridized carbons (Fsp3) is 0.263. The lowest BCUT2D eigenvalue weighted by Gasteiger charge is -2.08. The zero-order chi connectivity index (χ0) is 19.5. The predicted octanol–water partition coefficient (Wildman–Crippen LogP) is 2.49. The molecule has 0 saturated heterocycles. The molecule has 2 N–H and O–H groups in total. The molecule has 144 valence electrons. The summed E-state index contributed by atoms with van der Waals surface area (Å²) in [7, 11) is 0. The summed E-state index contributed by atoms with van der Waals surface area (Å²) in [6.07, 6.45) is 2.07. The topological polar surface area (TPSA) is 106 Å². The molecule has 0 aliphatic heterocycles. The van der Waals surface area contributed by atoms with Gasteiger partial charge in [-0.05, 0) is 42.5 Å². The summed E-state index contributed by atoms with van der Waals surface area (Å²) >= 11 is 1.41. The average molecular weight is 398 g/mol. The number of aryl methyl sites for hydroxylation is 1. The third kappa shape index (κ3) is 4.37. The summed E-state index contributed by atoms with van der Waals surface area (Å²) in [6, 6.07) is 10.7. The number of thiophene rings is 1. The molecule has 0 spiro atoms. The highest BCUT2D eigenvalue weighted by Gasteiger charge is 2.23. The molecule has 8 nitrogen and oxygen atoms in total. The number of carbonyl (C=O) groups is 2. The van der Waals surface area contributed by atoms with Crippen molar-refractivity contribution < 1.29 is 14.0 Å². The number of carbonyl (C=O) groups excluding carboxylic acids is 2. The zero-order valence-corrected chi connectivity index (χ0v) is 15.7. The Hall–Kier alpha value is -3.20. The van der Waals surface area contributed by atoms with Gasteiger partial charge in [-0.15, -0.1) is 16.4 Å². The monoisotopic (exact) mass is 398 g/mol. The third-order valence-electron chi connectivity index (χ3n) is 4.21. The Balaban J connectivity index is 1.35. The van der Waals surface area contributed by atoms with Crippen molar-refractivity contribution in [2.45, 2.75) is 31.8 Å². The Morgan fingerprint density at radius 3 is 2.86 bits per heavy atom. The Labute approximate surface area is 164 Å². The van der Waals surface area contributed by atoms with E-state index in [9.17, 15) is 14.4 Å². The molecule has 9 heteroatoms. The summed E-state index contributed by atoms with van der Waals surface area (Å²) in [4.78, 5) is 37.0. The van der Waals surface area contributed by atoms with Crippen molar-refractivity contribution in [3.8, 4) is 10.8 Å². The molecule has 1 aliphatic carbocycles. The minimum atomic E-state index is -0.602. The SMILES string of the molecule is O=C(CCn1nc(-c2cccs2)oc1=O)Nc1cccc(C(=O)NC2CC2)c1. The number of hydrogen-bond donors (Lipinski definition) is 2. The first-order valence-electron chi connectivity index (χ1n) is 8.91. The van der Waals surface area contributed by atoms with E-state index >= 15 is 0 Å². The van der Waals surface area contributed by atoms with Gasteiger partial charge in [-0.25, -0.2) is 4.79 Å². The Morgan fingerprint density at radius 2 is 2.11 bits per heavy atom. The Kier molecular flexibility index (Phi) is 5.07. The first kappa shape index (κ1) is 18.2. The van der Waals surface area contributed by atoms with Gasteiger partial charge < -0.3 is 15.1 Å². The van der Waals surface area contributed by atoms with Gasteiger partial charge in [-0.1, -0.05) is 12.1 Å². The molecule has 3 aromatic rings. The van der Waals surface area contributed by atoms with E-state index < -0.39 is 5.76 Å². The van der Waals surface area contributed by atoms with Gasteiger partial charge in [0, 0.05) is 23.7 Å². The van der Waals surface area contributed by atoms with Crippen molar-refractivity contribution in [1.29, 1.82) is 0 Å². The molecular weight excluding hydrogens is 380 g/mol. The number of hydrogen-bond acceptors (Lipinski definition) is 6. The second kappa shape index (κ2) is 7.81. The van der Waals surface area contributed by atoms with E-state index in [1.54, 1.807) is 30.3 Å². The van der Waals surface area contributed by atoms with Crippen LogP contribution in [0.1, 0.15) is 29.6 Å². The van der Waals surface area contributed by atoms with E-state index in [0.29, 0.717) is 11.3 Å². The maximum Gasteiger partial charge on any atom is 0.437 e. The summed E-state index contributed by atoms with van der Waals surface area (Å²) < 4.78 is 6.25. The normalized spacial score (nSPS) is 13.3. The van der Waals surface area contributed by atoms with Crippen molar-refractivity contribution in [3.63, 3.8) is 0 Å². The molecule has 1 fully saturated rings. The molecule has 2 heterocycles. The van der Waals surface area contributed by atoms with Crippen molar-refractivity contribution in [2.75, 3.05) is 5.32 Å². The first-order chi connectivity index (χ1) is 13.6. The van der Waals surface area contributed by atoms with Crippen molar-refractivity contribution in [2.24, 2.45) is 0 Å². The van der Waals surface area contributed by atoms with Crippen LogP contribution >= 0.6 is 11.3 Å². The van der Waals surface area contributed by atoms with Gasteiger partial charge in [0.15, 0.2) is 0 Å². The molecule has 2 aromatic heterocycles. The van der Waals surface area contributed by atoms with Gasteiger partial charge in [0.25, 0.3) is 11.8 Å². The second-order valence-electron chi connectivity index (χ2n) is 6.50. The number of rotatable bonds is 7. The van der Waals surface area contributed by atoms with Gasteiger partial charge in [0.2, 0.25) is 5.91 Å². The fourth-order valence-corrected chi connectivity index (χ4v) is 3.26. The zero-order valence-electron chi connectivity index (χ0n) is 14.9. The Bertz CT molecular complexity index is 1050. The molecule has 0 atom stereocenters. The van der Waals surface area contributed by atoms with Gasteiger partial charge in [0.05, 0.1) is 11.4 Å². The molecule has 0 radical (unpaired) electrons. The van der Waals surface area contributed by atoms with Crippen LogP contribution in [0.2, 0.25) is 0 Å². The van der Waals surface area contributed by atoms with Crippen LogP contribution in [0, 0.1) is 0 Å². The lowest BCUT2D eigenvalue weighted by Crippen LogP contribution is -2.25. The predicted molar refractivity (Wildman–Crippen MR) is 104 cm³/mol. The van der Waals surface area contributed by atoms with E-state index in [4.69, 9.17) is 4.42 Å². The highest BCUT2D eigenvalue weighted by atomic mass is 32.1. The van der Waals surface area contributed by atoms with E-state index in [-0.39, 0.29) is 36.7 Å². The largest absolute Gasteiger partial charge is 0.437 e. The number of nitrogens with one attached hydrogen (secondary N) is 2. The highest BCUT2D eigenvalue weighted by Crippen LogP contribution is 2.21. The van der Waals surface area contributed by atoms with Crippen molar-refractivity contribution in [1.82, 2.24) is 15.1 Å². The molecule has 0 unspecified atom stereocenters. The van der Waals surface area contributed by atoms with Crippen LogP contribution in [0.15, 0.2) is 51.0 Å². The van der Waals surface area contributed by atoms with Gasteiger partial charge >= 0.3 is 5.76 Å². The molecule has 28 heavy (non-hydrogen) atoms. The number of anilines is 1. The van der Waals surface area contributed by atoms with E-state index in [0.717, 1.165) is 22.4 Å². The third-order valence-corrected chi connectivity index (χ3v) is 5.07. The fourth-order valence-electron chi connectivity index (χ4n) is 2.61. The van der Waals surface area contributed by atoms with Crippen LogP contribution in [0.5, 0.6) is 0 Å². The molecule has 2 amide bonds. The van der Waals surface area contributed by atoms with Crippen LogP contribution in [-0.4, -0.2) is 27.6 Å². The highest BCUT2D eigenvalue weighted by molar-refractivity contribution is 7.13. The maximum absolute atomic E-state index is 12.2. The minimum Gasteiger partial charge on any atom is -0.387 e. The number of aromatic nitrogens is 2. The van der Waals surface area contributed by atoms with E-state index in [1.807, 2.05) is 11.4 Å². The summed E-state index contributed by atoms with van der Waals surface area (Å²) in [5.41, 5.74) is 1.03. The van der Waals surface area contributed by atoms with Crippen LogP contribution < -0.4 is 16.4 Å². The van der Waals surface area contributed by atoms with Gasteiger partial charge in [-0.2, -0.15) is 4.68 Å². The van der Waals surface area contributed by atoms with Gasteiger partial charge in [-0.3, -0.25) is 9.59 Å². The average Bonchev–Trinajstić information content (AvgIpc) is 3.17. The molecule has 1 aliphatic rings. The number of benzene rings is 1. The standard InChI is InChI=1S/C19H18N4O4S/c24-16(8-9-23-19(26)27-18(22-23)15-5-2-10-28-15)20-14-4-1-3-12(11-14)17(25)21-13-6-7-13/h1-5,10-11,13H,6-9H2,(H,20,24)(H,21,25). The molecule has 0 bridgehead atoms. The van der Waals surface area contributed by atoms with Gasteiger partial charge in [0.1, 0.15) is 0 Å². The first-order valence-corrected chi connectivity index (χ1v) is 9.79. The lowest BCUT2D eigenvalue weighted by molar-refractivity contribution is -0.116. The van der Waals surface area contributed by atoms with E-state index in [1.165, 1.54) is 11.3 Å². The minimum absolute atomic E-state index is 0.0504. The van der Waals surface area contributed by atoms with Crippen LogP contribution in [0.4, 0.5) is 5.69 Å². The summed E-state index contributed by atoms with van der Waals surface area (Å²) in [5, 5.41) is 11.6. The smallest absolute Gasteiger partial charge is 0.387 e. The quantitative estimate of drug-likeness (QED) is 0.636. The molecule has 1 aromatic carbocycles. The van der Waals surface area contributed by atoms with Crippen LogP contribution in [-0.2, 0) is 11.3 Å². The van der Waals surface area contributed by atoms with Crippen LogP contribution in [0.25, 0.3) is 10.8 Å². The molecular formula is C19H18N4O4S. The summed E-state index contributed by atoms with van der Waals surface area (Å²) in [6.45, 7) is 0.0986. The van der Waals surface area contributed by atoms with Crippen molar-refractivity contribution >= 4 is 28.8 Å². The van der Waals surface area contributed by atoms with E-state index in [2.05, 4.69) is 15.7 Å². The second-order valence-corrected chi connectivity index (χ2v) is 7.45.